The second-order valence-corrected chi connectivity index (χ2v) is 4.14. The van der Waals surface area contributed by atoms with Gasteiger partial charge in [0.2, 0.25) is 0 Å². The number of aliphatic carboxylic acids is 1. The van der Waals surface area contributed by atoms with E-state index in [2.05, 4.69) is 15.9 Å². The summed E-state index contributed by atoms with van der Waals surface area (Å²) in [4.78, 5) is 10.8. The number of carboxylic acids is 1. The fourth-order valence-corrected chi connectivity index (χ4v) is 2.16. The SMILES string of the molecule is O=C(O)C(O)c1c(Br)ccc2c1COCO2. The zero-order valence-electron chi connectivity index (χ0n) is 8.14. The molecule has 0 spiro atoms. The zero-order valence-corrected chi connectivity index (χ0v) is 9.73. The summed E-state index contributed by atoms with van der Waals surface area (Å²) < 4.78 is 10.8. The highest BCUT2D eigenvalue weighted by atomic mass is 79.9. The van der Waals surface area contributed by atoms with Crippen LogP contribution < -0.4 is 4.74 Å². The molecule has 0 aliphatic carbocycles. The number of aliphatic hydroxyl groups excluding tert-OH is 1. The van der Waals surface area contributed by atoms with Crippen LogP contribution in [0.25, 0.3) is 0 Å². The van der Waals surface area contributed by atoms with Crippen molar-refractivity contribution >= 4 is 21.9 Å². The molecule has 16 heavy (non-hydrogen) atoms. The number of ether oxygens (including phenoxy) is 2. The number of aliphatic hydroxyl groups is 1. The van der Waals surface area contributed by atoms with E-state index >= 15 is 0 Å². The number of rotatable bonds is 2. The van der Waals surface area contributed by atoms with Gasteiger partial charge in [0.05, 0.1) is 6.61 Å². The van der Waals surface area contributed by atoms with Gasteiger partial charge in [0, 0.05) is 15.6 Å². The van der Waals surface area contributed by atoms with Gasteiger partial charge in [-0.25, -0.2) is 4.79 Å². The fourth-order valence-electron chi connectivity index (χ4n) is 1.57. The molecule has 0 fully saturated rings. The maximum absolute atomic E-state index is 10.8. The highest BCUT2D eigenvalue weighted by molar-refractivity contribution is 9.10. The van der Waals surface area contributed by atoms with Gasteiger partial charge in [-0.15, -0.1) is 0 Å². The molecule has 1 aliphatic rings. The van der Waals surface area contributed by atoms with Crippen molar-refractivity contribution < 1.29 is 24.5 Å². The lowest BCUT2D eigenvalue weighted by atomic mass is 10.0. The van der Waals surface area contributed by atoms with E-state index in [9.17, 15) is 9.90 Å². The molecule has 0 saturated heterocycles. The molecule has 6 heteroatoms. The van der Waals surface area contributed by atoms with Gasteiger partial charge in [-0.05, 0) is 12.1 Å². The second kappa shape index (κ2) is 4.40. The minimum Gasteiger partial charge on any atom is -0.479 e. The van der Waals surface area contributed by atoms with E-state index in [-0.39, 0.29) is 19.0 Å². The van der Waals surface area contributed by atoms with Gasteiger partial charge >= 0.3 is 5.97 Å². The molecule has 1 heterocycles. The molecule has 0 saturated carbocycles. The summed E-state index contributed by atoms with van der Waals surface area (Å²) in [5, 5.41) is 18.4. The Morgan fingerprint density at radius 3 is 2.94 bits per heavy atom. The van der Waals surface area contributed by atoms with Crippen molar-refractivity contribution in [3.05, 3.63) is 27.7 Å². The highest BCUT2D eigenvalue weighted by Crippen LogP contribution is 2.35. The maximum atomic E-state index is 10.8. The van der Waals surface area contributed by atoms with E-state index in [0.29, 0.717) is 15.8 Å². The van der Waals surface area contributed by atoms with Gasteiger partial charge in [-0.1, -0.05) is 15.9 Å². The number of fused-ring (bicyclic) bond motifs is 1. The minimum absolute atomic E-state index is 0.136. The molecule has 0 radical (unpaired) electrons. The van der Waals surface area contributed by atoms with Crippen LogP contribution in [0.4, 0.5) is 0 Å². The molecule has 1 aromatic rings. The summed E-state index contributed by atoms with van der Waals surface area (Å²) in [6.07, 6.45) is -1.59. The Kier molecular flexibility index (Phi) is 3.13. The topological polar surface area (TPSA) is 76.0 Å². The van der Waals surface area contributed by atoms with E-state index in [1.807, 2.05) is 0 Å². The monoisotopic (exact) mass is 288 g/mol. The van der Waals surface area contributed by atoms with Gasteiger partial charge in [0.1, 0.15) is 5.75 Å². The van der Waals surface area contributed by atoms with Crippen LogP contribution in [0.3, 0.4) is 0 Å². The van der Waals surface area contributed by atoms with Crippen molar-refractivity contribution in [2.75, 3.05) is 6.79 Å². The largest absolute Gasteiger partial charge is 0.479 e. The van der Waals surface area contributed by atoms with Gasteiger partial charge in [0.15, 0.2) is 12.9 Å². The van der Waals surface area contributed by atoms with Crippen molar-refractivity contribution in [3.63, 3.8) is 0 Å². The first kappa shape index (κ1) is 11.4. The van der Waals surface area contributed by atoms with E-state index in [1.165, 1.54) is 0 Å². The normalized spacial score (nSPS) is 16.1. The Morgan fingerprint density at radius 2 is 2.25 bits per heavy atom. The van der Waals surface area contributed by atoms with Crippen LogP contribution in [-0.2, 0) is 16.1 Å². The third kappa shape index (κ3) is 1.91. The van der Waals surface area contributed by atoms with Gasteiger partial charge in [-0.3, -0.25) is 0 Å². The molecule has 1 aromatic carbocycles. The summed E-state index contributed by atoms with van der Waals surface area (Å²) in [6.45, 7) is 0.367. The number of benzene rings is 1. The number of hydrogen-bond donors (Lipinski definition) is 2. The van der Waals surface area contributed by atoms with Crippen molar-refractivity contribution in [2.24, 2.45) is 0 Å². The zero-order chi connectivity index (χ0) is 11.7. The standard InChI is InChI=1S/C10H9BrO5/c11-6-1-2-7-5(3-15-4-16-7)8(6)9(12)10(13)14/h1-2,9,12H,3-4H2,(H,13,14). The average Bonchev–Trinajstić information content (AvgIpc) is 2.28. The van der Waals surface area contributed by atoms with Gasteiger partial charge in [0.25, 0.3) is 0 Å². The first-order chi connectivity index (χ1) is 7.61. The number of carbonyl (C=O) groups is 1. The van der Waals surface area contributed by atoms with Crippen LogP contribution in [0.15, 0.2) is 16.6 Å². The lowest BCUT2D eigenvalue weighted by Crippen LogP contribution is -2.18. The van der Waals surface area contributed by atoms with Crippen LogP contribution in [0.2, 0.25) is 0 Å². The van der Waals surface area contributed by atoms with E-state index in [0.717, 1.165) is 0 Å². The molecule has 86 valence electrons. The number of halogens is 1. The predicted octanol–water partition coefficient (Wildman–Crippen LogP) is 1.43. The molecule has 2 N–H and O–H groups in total. The van der Waals surface area contributed by atoms with Crippen LogP contribution >= 0.6 is 15.9 Å². The van der Waals surface area contributed by atoms with Crippen LogP contribution in [0, 0.1) is 0 Å². The molecular weight excluding hydrogens is 280 g/mol. The Hall–Kier alpha value is -1.11. The number of hydrogen-bond acceptors (Lipinski definition) is 4. The highest BCUT2D eigenvalue weighted by Gasteiger charge is 2.26. The Labute approximate surface area is 99.7 Å². The number of carboxylic acid groups (broad SMARTS) is 1. The molecule has 0 aromatic heterocycles. The quantitative estimate of drug-likeness (QED) is 0.861. The van der Waals surface area contributed by atoms with Crippen molar-refractivity contribution in [1.82, 2.24) is 0 Å². The van der Waals surface area contributed by atoms with E-state index in [4.69, 9.17) is 14.6 Å². The van der Waals surface area contributed by atoms with Crippen LogP contribution in [0.1, 0.15) is 17.2 Å². The maximum Gasteiger partial charge on any atom is 0.337 e. The van der Waals surface area contributed by atoms with Crippen molar-refractivity contribution in [2.45, 2.75) is 12.7 Å². The summed E-state index contributed by atoms with van der Waals surface area (Å²) >= 11 is 3.21. The fraction of sp³-hybridized carbons (Fsp3) is 0.300. The van der Waals surface area contributed by atoms with Gasteiger partial charge < -0.3 is 19.7 Å². The molecule has 0 bridgehead atoms. The average molecular weight is 289 g/mol. The summed E-state index contributed by atoms with van der Waals surface area (Å²) in [5.74, 6) is -0.760. The summed E-state index contributed by atoms with van der Waals surface area (Å²) in [5.41, 5.74) is 0.847. The lowest BCUT2D eigenvalue weighted by molar-refractivity contribution is -0.147. The van der Waals surface area contributed by atoms with Crippen LogP contribution in [0.5, 0.6) is 5.75 Å². The molecule has 1 atom stereocenters. The predicted molar refractivity (Wildman–Crippen MR) is 57.0 cm³/mol. The molecule has 1 unspecified atom stereocenters. The molecular formula is C10H9BrO5. The third-order valence-electron chi connectivity index (χ3n) is 2.31. The first-order valence-electron chi connectivity index (χ1n) is 4.54. The Bertz CT molecular complexity index is 431. The third-order valence-corrected chi connectivity index (χ3v) is 3.00. The smallest absolute Gasteiger partial charge is 0.337 e. The van der Waals surface area contributed by atoms with Crippen molar-refractivity contribution in [1.29, 1.82) is 0 Å². The lowest BCUT2D eigenvalue weighted by Gasteiger charge is -2.22. The van der Waals surface area contributed by atoms with Crippen molar-refractivity contribution in [3.8, 4) is 5.75 Å². The molecule has 2 rings (SSSR count). The summed E-state index contributed by atoms with van der Waals surface area (Å²) in [7, 11) is 0. The first-order valence-corrected chi connectivity index (χ1v) is 5.33. The van der Waals surface area contributed by atoms with E-state index in [1.54, 1.807) is 12.1 Å². The molecule has 5 nitrogen and oxygen atoms in total. The second-order valence-electron chi connectivity index (χ2n) is 3.29. The molecule has 0 amide bonds. The summed E-state index contributed by atoms with van der Waals surface area (Å²) in [6, 6.07) is 3.35. The van der Waals surface area contributed by atoms with Crippen LogP contribution in [-0.4, -0.2) is 23.0 Å². The van der Waals surface area contributed by atoms with E-state index < -0.39 is 12.1 Å². The van der Waals surface area contributed by atoms with Gasteiger partial charge in [-0.2, -0.15) is 0 Å². The minimum atomic E-state index is -1.59. The Balaban J connectivity index is 2.53. The Morgan fingerprint density at radius 1 is 1.50 bits per heavy atom. The molecule has 1 aliphatic heterocycles.